The second-order valence-corrected chi connectivity index (χ2v) is 5.03. The van der Waals surface area contributed by atoms with E-state index in [2.05, 4.69) is 10.1 Å². The Balaban J connectivity index is 3.05. The van der Waals surface area contributed by atoms with Crippen molar-refractivity contribution < 1.29 is 24.3 Å². The number of esters is 1. The van der Waals surface area contributed by atoms with Crippen molar-refractivity contribution >= 4 is 34.1 Å². The highest BCUT2D eigenvalue weighted by Crippen LogP contribution is 2.15. The number of carboxylic acids is 1. The number of oxime groups is 1. The molecule has 0 aromatic carbocycles. The summed E-state index contributed by atoms with van der Waals surface area (Å²) in [5, 5.41) is 14.2. The first-order chi connectivity index (χ1) is 9.27. The largest absolute Gasteiger partial charge is 0.478 e. The van der Waals surface area contributed by atoms with Gasteiger partial charge >= 0.3 is 11.9 Å². The Morgan fingerprint density at radius 1 is 1.55 bits per heavy atom. The van der Waals surface area contributed by atoms with Crippen LogP contribution in [0.15, 0.2) is 10.5 Å². The quantitative estimate of drug-likeness (QED) is 0.454. The fourth-order valence-corrected chi connectivity index (χ4v) is 1.53. The number of carboxylic acid groups (broad SMARTS) is 1. The van der Waals surface area contributed by atoms with E-state index in [0.29, 0.717) is 0 Å². The number of aliphatic carboxylic acids is 1. The van der Waals surface area contributed by atoms with E-state index in [1.54, 1.807) is 6.92 Å². The van der Waals surface area contributed by atoms with Gasteiger partial charge in [-0.05, 0) is 20.8 Å². The fourth-order valence-electron chi connectivity index (χ4n) is 0.983. The number of nitrogens with zero attached hydrogens (tertiary/aromatic N) is 2. The number of hydrogen-bond donors (Lipinski definition) is 2. The van der Waals surface area contributed by atoms with Crippen molar-refractivity contribution in [1.29, 1.82) is 0 Å². The average Bonchev–Trinajstić information content (AvgIpc) is 2.76. The van der Waals surface area contributed by atoms with Gasteiger partial charge in [0.2, 0.25) is 11.3 Å². The lowest BCUT2D eigenvalue weighted by Gasteiger charge is -2.16. The van der Waals surface area contributed by atoms with Crippen molar-refractivity contribution in [1.82, 2.24) is 4.98 Å². The summed E-state index contributed by atoms with van der Waals surface area (Å²) >= 11 is 1.11. The monoisotopic (exact) mass is 301 g/mol. The van der Waals surface area contributed by atoms with Crippen LogP contribution < -0.4 is 5.73 Å². The van der Waals surface area contributed by atoms with E-state index in [9.17, 15) is 9.59 Å². The number of hydrogen-bond acceptors (Lipinski definition) is 8. The summed E-state index contributed by atoms with van der Waals surface area (Å²) in [6, 6.07) is 0. The van der Waals surface area contributed by atoms with E-state index in [1.807, 2.05) is 0 Å². The first-order valence-corrected chi connectivity index (χ1v) is 6.54. The highest BCUT2D eigenvalue weighted by Gasteiger charge is 2.31. The van der Waals surface area contributed by atoms with Crippen molar-refractivity contribution in [2.24, 2.45) is 5.16 Å². The van der Waals surface area contributed by atoms with E-state index in [4.69, 9.17) is 20.4 Å². The maximum Gasteiger partial charge on any atom is 0.362 e. The molecule has 1 aromatic heterocycles. The second kappa shape index (κ2) is 6.33. The molecule has 0 unspecified atom stereocenters. The van der Waals surface area contributed by atoms with Crippen LogP contribution in [0.5, 0.6) is 0 Å². The van der Waals surface area contributed by atoms with Gasteiger partial charge in [0.05, 0.1) is 6.61 Å². The first-order valence-electron chi connectivity index (χ1n) is 5.66. The van der Waals surface area contributed by atoms with E-state index >= 15 is 0 Å². The van der Waals surface area contributed by atoms with Gasteiger partial charge in [0, 0.05) is 5.38 Å². The SMILES string of the molecule is CCOC(=O)C(=NOC(C)(C)C(=O)O)c1csc(N)n1. The average molecular weight is 301 g/mol. The standard InChI is InChI=1S/C11H15N3O5S/c1-4-18-8(15)7(6-5-20-10(12)13-6)14-19-11(2,3)9(16)17/h5H,4H2,1-3H3,(H2,12,13)(H,16,17). The van der Waals surface area contributed by atoms with Crippen LogP contribution in [0.1, 0.15) is 26.5 Å². The van der Waals surface area contributed by atoms with Crippen LogP contribution in [0.25, 0.3) is 0 Å². The van der Waals surface area contributed by atoms with Crippen LogP contribution in [-0.2, 0) is 19.2 Å². The number of nitrogens with two attached hydrogens (primary N) is 1. The first kappa shape index (κ1) is 15.9. The predicted octanol–water partition coefficient (Wildman–Crippen LogP) is 0.872. The zero-order valence-corrected chi connectivity index (χ0v) is 12.1. The molecule has 110 valence electrons. The molecule has 9 heteroatoms. The summed E-state index contributed by atoms with van der Waals surface area (Å²) in [6.07, 6.45) is 0. The maximum atomic E-state index is 11.8. The van der Waals surface area contributed by atoms with Crippen molar-refractivity contribution in [2.75, 3.05) is 12.3 Å². The van der Waals surface area contributed by atoms with Gasteiger partial charge in [-0.15, -0.1) is 11.3 Å². The lowest BCUT2D eigenvalue weighted by molar-refractivity contribution is -0.161. The topological polar surface area (TPSA) is 124 Å². The van der Waals surface area contributed by atoms with E-state index in [0.717, 1.165) is 11.3 Å². The number of carbonyl (C=O) groups excluding carboxylic acids is 1. The molecule has 0 fully saturated rings. The third kappa shape index (κ3) is 3.92. The molecule has 3 N–H and O–H groups in total. The van der Waals surface area contributed by atoms with Gasteiger partial charge in [0.15, 0.2) is 5.13 Å². The number of nitrogen functional groups attached to an aromatic ring is 1. The van der Waals surface area contributed by atoms with Crippen molar-refractivity contribution in [3.05, 3.63) is 11.1 Å². The van der Waals surface area contributed by atoms with Crippen LogP contribution in [0, 0.1) is 0 Å². The van der Waals surface area contributed by atoms with Crippen LogP contribution in [-0.4, -0.2) is 39.9 Å². The smallest absolute Gasteiger partial charge is 0.362 e. The van der Waals surface area contributed by atoms with Gasteiger partial charge < -0.3 is 20.4 Å². The van der Waals surface area contributed by atoms with Gasteiger partial charge in [0.1, 0.15) is 5.69 Å². The Morgan fingerprint density at radius 3 is 2.65 bits per heavy atom. The molecule has 0 aliphatic carbocycles. The molecule has 0 radical (unpaired) electrons. The van der Waals surface area contributed by atoms with Gasteiger partial charge in [-0.1, -0.05) is 5.16 Å². The highest BCUT2D eigenvalue weighted by atomic mass is 32.1. The normalized spacial score (nSPS) is 12.1. The van der Waals surface area contributed by atoms with Crippen LogP contribution in [0.3, 0.4) is 0 Å². The molecule has 0 spiro atoms. The summed E-state index contributed by atoms with van der Waals surface area (Å²) in [4.78, 5) is 31.5. The minimum Gasteiger partial charge on any atom is -0.478 e. The Kier molecular flexibility index (Phi) is 5.03. The van der Waals surface area contributed by atoms with Crippen LogP contribution in [0.4, 0.5) is 5.13 Å². The molecule has 0 bridgehead atoms. The highest BCUT2D eigenvalue weighted by molar-refractivity contribution is 7.13. The number of thiazole rings is 1. The number of rotatable bonds is 6. The van der Waals surface area contributed by atoms with Gasteiger partial charge in [-0.3, -0.25) is 0 Å². The number of anilines is 1. The fraction of sp³-hybridized carbons (Fsp3) is 0.455. The Hall–Kier alpha value is -2.16. The molecule has 0 saturated carbocycles. The summed E-state index contributed by atoms with van der Waals surface area (Å²) in [5.41, 5.74) is 3.85. The molecule has 1 aromatic rings. The molecule has 0 aliphatic heterocycles. The molecule has 0 atom stereocenters. The molecule has 20 heavy (non-hydrogen) atoms. The number of aromatic nitrogens is 1. The summed E-state index contributed by atoms with van der Waals surface area (Å²) < 4.78 is 4.82. The Bertz CT molecular complexity index is 538. The van der Waals surface area contributed by atoms with Crippen LogP contribution in [0.2, 0.25) is 0 Å². The third-order valence-corrected chi connectivity index (χ3v) is 2.79. The Labute approximate surface area is 119 Å². The third-order valence-electron chi connectivity index (χ3n) is 2.11. The minimum atomic E-state index is -1.58. The number of ether oxygens (including phenoxy) is 1. The molecular formula is C11H15N3O5S. The molecule has 0 saturated heterocycles. The van der Waals surface area contributed by atoms with Gasteiger partial charge in [-0.2, -0.15) is 0 Å². The van der Waals surface area contributed by atoms with Crippen molar-refractivity contribution in [3.63, 3.8) is 0 Å². The lowest BCUT2D eigenvalue weighted by Crippen LogP contribution is -2.34. The zero-order valence-electron chi connectivity index (χ0n) is 11.2. The van der Waals surface area contributed by atoms with Gasteiger partial charge in [0.25, 0.3) is 0 Å². The zero-order chi connectivity index (χ0) is 15.3. The van der Waals surface area contributed by atoms with E-state index in [1.165, 1.54) is 19.2 Å². The molecule has 0 amide bonds. The molecular weight excluding hydrogens is 286 g/mol. The summed E-state index contributed by atoms with van der Waals surface area (Å²) in [5.74, 6) is -1.98. The Morgan fingerprint density at radius 2 is 2.20 bits per heavy atom. The van der Waals surface area contributed by atoms with Crippen LogP contribution >= 0.6 is 11.3 Å². The molecule has 8 nitrogen and oxygen atoms in total. The molecule has 1 heterocycles. The van der Waals surface area contributed by atoms with E-state index < -0.39 is 17.5 Å². The predicted molar refractivity (Wildman–Crippen MR) is 72.5 cm³/mol. The van der Waals surface area contributed by atoms with Gasteiger partial charge in [-0.25, -0.2) is 14.6 Å². The summed E-state index contributed by atoms with van der Waals surface area (Å²) in [7, 11) is 0. The minimum absolute atomic E-state index is 0.139. The lowest BCUT2D eigenvalue weighted by atomic mass is 10.1. The van der Waals surface area contributed by atoms with Crippen molar-refractivity contribution in [3.8, 4) is 0 Å². The summed E-state index contributed by atoms with van der Waals surface area (Å²) in [6.45, 7) is 4.38. The molecule has 0 aliphatic rings. The number of carbonyl (C=O) groups is 2. The second-order valence-electron chi connectivity index (χ2n) is 4.14. The van der Waals surface area contributed by atoms with E-state index in [-0.39, 0.29) is 23.1 Å². The van der Waals surface area contributed by atoms with Crippen molar-refractivity contribution in [2.45, 2.75) is 26.4 Å². The molecule has 1 rings (SSSR count). The maximum absolute atomic E-state index is 11.8.